The maximum absolute atomic E-state index is 3.68. The molecule has 2 heteroatoms. The molecule has 1 aromatic rings. The number of nitrogens with one attached hydrogen (secondary N) is 2. The highest BCUT2D eigenvalue weighted by Crippen LogP contribution is 2.16. The summed E-state index contributed by atoms with van der Waals surface area (Å²) in [5.74, 6) is 0. The molecule has 1 aliphatic rings. The molecule has 0 aliphatic carbocycles. The number of hydrogen-bond donors (Lipinski definition) is 2. The fraction of sp³-hybridized carbons (Fsp3) is 0.667. The molecule has 0 saturated carbocycles. The minimum absolute atomic E-state index is 0.530. The Morgan fingerprint density at radius 2 is 2.00 bits per heavy atom. The van der Waals surface area contributed by atoms with Crippen molar-refractivity contribution in [3.8, 4) is 0 Å². The third kappa shape index (κ3) is 5.16. The molecule has 1 fully saturated rings. The molecule has 2 atom stereocenters. The van der Waals surface area contributed by atoms with Crippen molar-refractivity contribution in [3.05, 3.63) is 29.8 Å². The number of aryl methyl sites for hydroxylation is 1. The summed E-state index contributed by atoms with van der Waals surface area (Å²) in [6.45, 7) is 5.73. The van der Waals surface area contributed by atoms with Crippen molar-refractivity contribution >= 4 is 5.69 Å². The molecule has 2 unspecified atom stereocenters. The van der Waals surface area contributed by atoms with Crippen LogP contribution < -0.4 is 10.6 Å². The van der Waals surface area contributed by atoms with E-state index in [4.69, 9.17) is 0 Å². The second kappa shape index (κ2) is 8.31. The summed E-state index contributed by atoms with van der Waals surface area (Å²) in [6.07, 6.45) is 9.08. The Labute approximate surface area is 124 Å². The van der Waals surface area contributed by atoms with Gasteiger partial charge in [0, 0.05) is 17.8 Å². The molecule has 0 spiro atoms. The van der Waals surface area contributed by atoms with Gasteiger partial charge in [-0.2, -0.15) is 0 Å². The van der Waals surface area contributed by atoms with Gasteiger partial charge in [-0.3, -0.25) is 0 Å². The minimum Gasteiger partial charge on any atom is -0.383 e. The lowest BCUT2D eigenvalue weighted by atomic mass is 10.0. The highest BCUT2D eigenvalue weighted by Gasteiger charge is 2.14. The van der Waals surface area contributed by atoms with Crippen molar-refractivity contribution in [2.24, 2.45) is 0 Å². The van der Waals surface area contributed by atoms with Crippen LogP contribution in [0.5, 0.6) is 0 Å². The van der Waals surface area contributed by atoms with E-state index in [0.717, 1.165) is 0 Å². The first-order chi connectivity index (χ1) is 9.78. The lowest BCUT2D eigenvalue weighted by Crippen LogP contribution is -2.33. The number of benzene rings is 1. The molecule has 0 amide bonds. The highest BCUT2D eigenvalue weighted by atomic mass is 15.0. The maximum atomic E-state index is 3.68. The van der Waals surface area contributed by atoms with Crippen LogP contribution in [0, 0.1) is 0 Å². The Hall–Kier alpha value is -1.02. The summed E-state index contributed by atoms with van der Waals surface area (Å²) in [6, 6.07) is 10.2. The normalized spacial score (nSPS) is 21.2. The molecule has 0 bridgehead atoms. The standard InChI is InChI=1S/C18H30N2/c1-3-7-16-9-11-17(12-10-16)20-15(2)14-18-8-5-4-6-13-19-18/h9-12,15,18-20H,3-8,13-14H2,1-2H3. The molecule has 1 saturated heterocycles. The molecule has 1 aliphatic heterocycles. The van der Waals surface area contributed by atoms with Gasteiger partial charge in [0.1, 0.15) is 0 Å². The molecule has 20 heavy (non-hydrogen) atoms. The van der Waals surface area contributed by atoms with Gasteiger partial charge in [0.25, 0.3) is 0 Å². The SMILES string of the molecule is CCCc1ccc(NC(C)CC2CCCCCN2)cc1. The van der Waals surface area contributed by atoms with Crippen LogP contribution in [0.4, 0.5) is 5.69 Å². The zero-order chi connectivity index (χ0) is 14.2. The van der Waals surface area contributed by atoms with Crippen LogP contribution >= 0.6 is 0 Å². The van der Waals surface area contributed by atoms with Gasteiger partial charge in [0.05, 0.1) is 0 Å². The Balaban J connectivity index is 1.79. The predicted molar refractivity (Wildman–Crippen MR) is 88.4 cm³/mol. The summed E-state index contributed by atoms with van der Waals surface area (Å²) in [4.78, 5) is 0. The van der Waals surface area contributed by atoms with E-state index in [1.165, 1.54) is 62.7 Å². The van der Waals surface area contributed by atoms with E-state index in [1.54, 1.807) is 0 Å². The van der Waals surface area contributed by atoms with Gasteiger partial charge < -0.3 is 10.6 Å². The molecule has 1 aromatic carbocycles. The number of anilines is 1. The number of hydrogen-bond acceptors (Lipinski definition) is 2. The van der Waals surface area contributed by atoms with Crippen molar-refractivity contribution in [2.45, 2.75) is 70.9 Å². The van der Waals surface area contributed by atoms with Gasteiger partial charge in [0.15, 0.2) is 0 Å². The molecule has 1 heterocycles. The topological polar surface area (TPSA) is 24.1 Å². The van der Waals surface area contributed by atoms with Crippen molar-refractivity contribution in [1.29, 1.82) is 0 Å². The molecular weight excluding hydrogens is 244 g/mol. The second-order valence-electron chi connectivity index (χ2n) is 6.23. The van der Waals surface area contributed by atoms with Crippen LogP contribution in [0.15, 0.2) is 24.3 Å². The highest BCUT2D eigenvalue weighted by molar-refractivity contribution is 5.45. The van der Waals surface area contributed by atoms with Crippen LogP contribution in [0.25, 0.3) is 0 Å². The largest absolute Gasteiger partial charge is 0.383 e. The predicted octanol–water partition coefficient (Wildman–Crippen LogP) is 4.36. The van der Waals surface area contributed by atoms with Crippen molar-refractivity contribution in [3.63, 3.8) is 0 Å². The quantitative estimate of drug-likeness (QED) is 0.805. The zero-order valence-corrected chi connectivity index (χ0v) is 13.1. The summed E-state index contributed by atoms with van der Waals surface area (Å²) in [7, 11) is 0. The first kappa shape index (κ1) is 15.4. The number of rotatable bonds is 6. The molecule has 112 valence electrons. The van der Waals surface area contributed by atoms with E-state index in [9.17, 15) is 0 Å². The first-order valence-corrected chi connectivity index (χ1v) is 8.37. The summed E-state index contributed by atoms with van der Waals surface area (Å²) < 4.78 is 0. The van der Waals surface area contributed by atoms with Gasteiger partial charge in [-0.05, 0) is 56.8 Å². The maximum Gasteiger partial charge on any atom is 0.0342 e. The molecule has 0 radical (unpaired) electrons. The van der Waals surface area contributed by atoms with E-state index in [0.29, 0.717) is 12.1 Å². The summed E-state index contributed by atoms with van der Waals surface area (Å²) in [5.41, 5.74) is 2.70. The Morgan fingerprint density at radius 3 is 2.75 bits per heavy atom. The first-order valence-electron chi connectivity index (χ1n) is 8.37. The fourth-order valence-electron chi connectivity index (χ4n) is 3.13. The zero-order valence-electron chi connectivity index (χ0n) is 13.1. The lowest BCUT2D eigenvalue weighted by molar-refractivity contribution is 0.456. The average Bonchev–Trinajstić information content (AvgIpc) is 2.70. The van der Waals surface area contributed by atoms with Crippen LogP contribution in [0.3, 0.4) is 0 Å². The van der Waals surface area contributed by atoms with Crippen molar-refractivity contribution < 1.29 is 0 Å². The third-order valence-corrected chi connectivity index (χ3v) is 4.21. The Kier molecular flexibility index (Phi) is 6.38. The van der Waals surface area contributed by atoms with Crippen molar-refractivity contribution in [2.75, 3.05) is 11.9 Å². The van der Waals surface area contributed by atoms with E-state index in [2.05, 4.69) is 48.7 Å². The van der Waals surface area contributed by atoms with E-state index >= 15 is 0 Å². The van der Waals surface area contributed by atoms with Gasteiger partial charge in [-0.15, -0.1) is 0 Å². The molecule has 0 aromatic heterocycles. The van der Waals surface area contributed by atoms with E-state index < -0.39 is 0 Å². The van der Waals surface area contributed by atoms with E-state index in [1.807, 2.05) is 0 Å². The fourth-order valence-corrected chi connectivity index (χ4v) is 3.13. The summed E-state index contributed by atoms with van der Waals surface area (Å²) >= 11 is 0. The average molecular weight is 274 g/mol. The van der Waals surface area contributed by atoms with Gasteiger partial charge >= 0.3 is 0 Å². The smallest absolute Gasteiger partial charge is 0.0342 e. The summed E-state index contributed by atoms with van der Waals surface area (Å²) in [5, 5.41) is 7.32. The van der Waals surface area contributed by atoms with E-state index in [-0.39, 0.29) is 0 Å². The van der Waals surface area contributed by atoms with Crippen LogP contribution in [-0.4, -0.2) is 18.6 Å². The Bertz CT molecular complexity index is 364. The molecule has 2 nitrogen and oxygen atoms in total. The third-order valence-electron chi connectivity index (χ3n) is 4.21. The van der Waals surface area contributed by atoms with Gasteiger partial charge in [0.2, 0.25) is 0 Å². The minimum atomic E-state index is 0.530. The molecule has 2 N–H and O–H groups in total. The molecular formula is C18H30N2. The monoisotopic (exact) mass is 274 g/mol. The van der Waals surface area contributed by atoms with Crippen molar-refractivity contribution in [1.82, 2.24) is 5.32 Å². The van der Waals surface area contributed by atoms with Crippen LogP contribution in [0.1, 0.15) is 57.9 Å². The van der Waals surface area contributed by atoms with Gasteiger partial charge in [-0.1, -0.05) is 38.3 Å². The lowest BCUT2D eigenvalue weighted by Gasteiger charge is -2.22. The van der Waals surface area contributed by atoms with Crippen LogP contribution in [-0.2, 0) is 6.42 Å². The van der Waals surface area contributed by atoms with Gasteiger partial charge in [-0.25, -0.2) is 0 Å². The molecule has 2 rings (SSSR count). The van der Waals surface area contributed by atoms with Crippen LogP contribution in [0.2, 0.25) is 0 Å². The Morgan fingerprint density at radius 1 is 1.20 bits per heavy atom. The second-order valence-corrected chi connectivity index (χ2v) is 6.23.